The summed E-state index contributed by atoms with van der Waals surface area (Å²) in [6, 6.07) is 1.87. The monoisotopic (exact) mass is 291 g/mol. The number of amidine groups is 1. The van der Waals surface area contributed by atoms with Crippen molar-refractivity contribution in [3.8, 4) is 0 Å². The molecule has 0 unspecified atom stereocenters. The number of hydrogen-bond acceptors (Lipinski definition) is 3. The van der Waals surface area contributed by atoms with E-state index in [1.54, 1.807) is 0 Å². The number of rotatable bonds is 8. The zero-order valence-corrected chi connectivity index (χ0v) is 13.3. The fourth-order valence-electron chi connectivity index (χ4n) is 2.20. The number of allylic oxidation sites excluding steroid dienone is 1. The van der Waals surface area contributed by atoms with Crippen molar-refractivity contribution in [1.82, 2.24) is 4.57 Å². The Bertz CT molecular complexity index is 542. The van der Waals surface area contributed by atoms with Crippen LogP contribution >= 0.6 is 0 Å². The molecule has 0 aliphatic carbocycles. The van der Waals surface area contributed by atoms with Crippen molar-refractivity contribution >= 4 is 11.6 Å². The molecule has 0 fully saturated rings. The van der Waals surface area contributed by atoms with Crippen LogP contribution in [-0.2, 0) is 11.4 Å². The molecule has 0 bridgehead atoms. The average Bonchev–Trinajstić information content (AvgIpc) is 2.66. The third-order valence-corrected chi connectivity index (χ3v) is 3.18. The highest BCUT2D eigenvalue weighted by Crippen LogP contribution is 2.16. The van der Waals surface area contributed by atoms with Crippen molar-refractivity contribution in [1.29, 1.82) is 0 Å². The number of ketones is 1. The molecule has 1 rings (SSSR count). The first-order valence-electron chi connectivity index (χ1n) is 7.11. The van der Waals surface area contributed by atoms with Gasteiger partial charge in [-0.25, -0.2) is 0 Å². The molecule has 5 nitrogen and oxygen atoms in total. The first-order chi connectivity index (χ1) is 9.86. The molecule has 116 valence electrons. The van der Waals surface area contributed by atoms with Crippen LogP contribution in [0, 0.1) is 19.8 Å². The molecule has 0 atom stereocenters. The Morgan fingerprint density at radius 3 is 2.76 bits per heavy atom. The third kappa shape index (κ3) is 4.77. The molecular weight excluding hydrogens is 266 g/mol. The molecule has 0 aliphatic rings. The Balaban J connectivity index is 2.69. The van der Waals surface area contributed by atoms with Crippen LogP contribution in [0.5, 0.6) is 0 Å². The van der Waals surface area contributed by atoms with E-state index in [1.807, 2.05) is 44.4 Å². The average molecular weight is 291 g/mol. The van der Waals surface area contributed by atoms with Crippen molar-refractivity contribution in [3.05, 3.63) is 35.7 Å². The van der Waals surface area contributed by atoms with Crippen molar-refractivity contribution < 1.29 is 9.63 Å². The maximum Gasteiger partial charge on any atom is 0.204 e. The highest BCUT2D eigenvalue weighted by atomic mass is 16.6. The van der Waals surface area contributed by atoms with Crippen molar-refractivity contribution in [2.75, 3.05) is 6.61 Å². The Morgan fingerprint density at radius 1 is 1.52 bits per heavy atom. The van der Waals surface area contributed by atoms with E-state index < -0.39 is 0 Å². The lowest BCUT2D eigenvalue weighted by molar-refractivity contribution is 0.0773. The lowest BCUT2D eigenvalue weighted by Gasteiger charge is -2.06. The maximum absolute atomic E-state index is 12.2. The quantitative estimate of drug-likeness (QED) is 0.263. The van der Waals surface area contributed by atoms with Gasteiger partial charge in [-0.3, -0.25) is 4.79 Å². The summed E-state index contributed by atoms with van der Waals surface area (Å²) >= 11 is 0. The van der Waals surface area contributed by atoms with Gasteiger partial charge in [-0.05, 0) is 25.8 Å². The molecule has 0 saturated heterocycles. The van der Waals surface area contributed by atoms with Gasteiger partial charge in [-0.1, -0.05) is 25.1 Å². The van der Waals surface area contributed by atoms with Crippen LogP contribution in [-0.4, -0.2) is 22.8 Å². The minimum atomic E-state index is -0.100. The van der Waals surface area contributed by atoms with Crippen LogP contribution in [0.4, 0.5) is 0 Å². The number of nitrogens with two attached hydrogens (primary N) is 1. The van der Waals surface area contributed by atoms with E-state index in [0.29, 0.717) is 30.3 Å². The molecule has 1 heterocycles. The van der Waals surface area contributed by atoms with Crippen LogP contribution in [0.15, 0.2) is 23.9 Å². The van der Waals surface area contributed by atoms with Gasteiger partial charge in [0.25, 0.3) is 0 Å². The van der Waals surface area contributed by atoms with Crippen LogP contribution in [0.25, 0.3) is 0 Å². The Morgan fingerprint density at radius 2 is 2.19 bits per heavy atom. The number of nitrogens with zero attached hydrogens (tertiary/aromatic N) is 2. The second kappa shape index (κ2) is 7.67. The van der Waals surface area contributed by atoms with Gasteiger partial charge in [-0.2, -0.15) is 0 Å². The molecule has 0 saturated carbocycles. The fourth-order valence-corrected chi connectivity index (χ4v) is 2.20. The third-order valence-electron chi connectivity index (χ3n) is 3.18. The lowest BCUT2D eigenvalue weighted by Crippen LogP contribution is -2.16. The zero-order valence-electron chi connectivity index (χ0n) is 13.3. The Kier molecular flexibility index (Phi) is 6.21. The standard InChI is InChI=1S/C16H25N3O2/c1-6-7-19-12(4)9-14(13(19)5)15(20)10-21-18-16(17)8-11(2)3/h6,9,11H,1,7-8,10H2,2-5H3,(H2,17,18). The van der Waals surface area contributed by atoms with Gasteiger partial charge >= 0.3 is 0 Å². The largest absolute Gasteiger partial charge is 0.386 e. The second-order valence-corrected chi connectivity index (χ2v) is 5.56. The van der Waals surface area contributed by atoms with Crippen LogP contribution in [0.1, 0.15) is 42.0 Å². The summed E-state index contributed by atoms with van der Waals surface area (Å²) in [6.45, 7) is 12.3. The first-order valence-corrected chi connectivity index (χ1v) is 7.11. The second-order valence-electron chi connectivity index (χ2n) is 5.56. The van der Waals surface area contributed by atoms with Gasteiger partial charge in [0.2, 0.25) is 5.78 Å². The number of carbonyl (C=O) groups excluding carboxylic acids is 1. The minimum absolute atomic E-state index is 0.0977. The van der Waals surface area contributed by atoms with E-state index in [4.69, 9.17) is 10.6 Å². The number of carbonyl (C=O) groups is 1. The molecule has 0 amide bonds. The highest BCUT2D eigenvalue weighted by molar-refractivity contribution is 5.98. The molecule has 0 radical (unpaired) electrons. The highest BCUT2D eigenvalue weighted by Gasteiger charge is 2.15. The maximum atomic E-state index is 12.2. The van der Waals surface area contributed by atoms with E-state index >= 15 is 0 Å². The summed E-state index contributed by atoms with van der Waals surface area (Å²) in [6.07, 6.45) is 2.46. The summed E-state index contributed by atoms with van der Waals surface area (Å²) in [5, 5.41) is 3.78. The van der Waals surface area contributed by atoms with Gasteiger partial charge in [0.15, 0.2) is 6.61 Å². The van der Waals surface area contributed by atoms with Gasteiger partial charge in [0.1, 0.15) is 5.84 Å². The van der Waals surface area contributed by atoms with E-state index in [-0.39, 0.29) is 12.4 Å². The predicted molar refractivity (Wildman–Crippen MR) is 85.5 cm³/mol. The first kappa shape index (κ1) is 17.0. The van der Waals surface area contributed by atoms with Gasteiger partial charge < -0.3 is 15.1 Å². The Hall–Kier alpha value is -2.04. The molecule has 21 heavy (non-hydrogen) atoms. The van der Waals surface area contributed by atoms with Crippen molar-refractivity contribution in [2.24, 2.45) is 16.8 Å². The molecule has 0 aliphatic heterocycles. The molecule has 0 spiro atoms. The summed E-state index contributed by atoms with van der Waals surface area (Å²) in [5.74, 6) is 0.723. The number of oxime groups is 1. The van der Waals surface area contributed by atoms with Gasteiger partial charge in [-0.15, -0.1) is 6.58 Å². The van der Waals surface area contributed by atoms with Crippen LogP contribution in [0.2, 0.25) is 0 Å². The van der Waals surface area contributed by atoms with Crippen LogP contribution in [0.3, 0.4) is 0 Å². The summed E-state index contributed by atoms with van der Waals surface area (Å²) in [5.41, 5.74) is 8.30. The van der Waals surface area contributed by atoms with E-state index in [1.165, 1.54) is 0 Å². The smallest absolute Gasteiger partial charge is 0.204 e. The zero-order chi connectivity index (χ0) is 16.0. The molecule has 2 N–H and O–H groups in total. The molecule has 1 aromatic rings. The molecule has 0 aromatic carbocycles. The lowest BCUT2D eigenvalue weighted by atomic mass is 10.1. The van der Waals surface area contributed by atoms with Gasteiger partial charge in [0.05, 0.1) is 0 Å². The van der Waals surface area contributed by atoms with E-state index in [9.17, 15) is 4.79 Å². The normalized spacial score (nSPS) is 11.8. The fraction of sp³-hybridized carbons (Fsp3) is 0.500. The van der Waals surface area contributed by atoms with Crippen molar-refractivity contribution in [2.45, 2.75) is 40.7 Å². The van der Waals surface area contributed by atoms with E-state index in [2.05, 4.69) is 11.7 Å². The van der Waals surface area contributed by atoms with Crippen molar-refractivity contribution in [3.63, 3.8) is 0 Å². The summed E-state index contributed by atoms with van der Waals surface area (Å²) in [4.78, 5) is 17.2. The topological polar surface area (TPSA) is 69.6 Å². The number of aryl methyl sites for hydroxylation is 1. The summed E-state index contributed by atoms with van der Waals surface area (Å²) in [7, 11) is 0. The Labute approximate surface area is 126 Å². The summed E-state index contributed by atoms with van der Waals surface area (Å²) < 4.78 is 2.04. The number of aromatic nitrogens is 1. The van der Waals surface area contributed by atoms with Gasteiger partial charge in [0, 0.05) is 29.9 Å². The number of hydrogen-bond donors (Lipinski definition) is 1. The molecule has 5 heteroatoms. The molecular formula is C16H25N3O2. The van der Waals surface area contributed by atoms with E-state index in [0.717, 1.165) is 11.4 Å². The number of Topliss-reactive ketones (excluding diaryl/α,β-unsaturated/α-hetero) is 1. The predicted octanol–water partition coefficient (Wildman–Crippen LogP) is 2.81. The minimum Gasteiger partial charge on any atom is -0.386 e. The SMILES string of the molecule is C=CCn1c(C)cc(C(=O)CO/N=C(\N)CC(C)C)c1C. The molecule has 1 aromatic heterocycles. The van der Waals surface area contributed by atoms with Crippen LogP contribution < -0.4 is 5.73 Å².